The number of aliphatic imine (C=N–C) groups is 1. The van der Waals surface area contributed by atoms with E-state index < -0.39 is 0 Å². The number of nitrogens with zero attached hydrogens (tertiary/aromatic N) is 4. The Balaban J connectivity index is 1.47. The molecule has 0 aliphatic rings. The highest BCUT2D eigenvalue weighted by atomic mass is 16.1. The second-order valence-corrected chi connectivity index (χ2v) is 6.18. The lowest BCUT2D eigenvalue weighted by Crippen LogP contribution is -2.39. The topological polar surface area (TPSA) is 95.7 Å². The van der Waals surface area contributed by atoms with Crippen LogP contribution in [-0.2, 0) is 17.9 Å². The van der Waals surface area contributed by atoms with E-state index in [4.69, 9.17) is 0 Å². The summed E-state index contributed by atoms with van der Waals surface area (Å²) < 4.78 is 1.91. The molecule has 3 rings (SSSR count). The number of guanidine groups is 1. The van der Waals surface area contributed by atoms with Gasteiger partial charge >= 0.3 is 0 Å². The van der Waals surface area contributed by atoms with Crippen LogP contribution in [0.4, 0.5) is 0 Å². The van der Waals surface area contributed by atoms with Gasteiger partial charge in [0, 0.05) is 32.3 Å². The van der Waals surface area contributed by atoms with Crippen LogP contribution in [0.2, 0.25) is 0 Å². The first-order valence-corrected chi connectivity index (χ1v) is 9.37. The zero-order chi connectivity index (χ0) is 19.6. The first-order chi connectivity index (χ1) is 13.8. The van der Waals surface area contributed by atoms with Crippen molar-refractivity contribution >= 4 is 17.5 Å². The third kappa shape index (κ3) is 5.54. The van der Waals surface area contributed by atoms with Crippen LogP contribution in [0.5, 0.6) is 0 Å². The van der Waals surface area contributed by atoms with Crippen molar-refractivity contribution in [3.63, 3.8) is 0 Å². The molecule has 8 heteroatoms. The molecule has 0 bridgehead atoms. The Labute approximate surface area is 164 Å². The Morgan fingerprint density at radius 1 is 1.04 bits per heavy atom. The van der Waals surface area contributed by atoms with Gasteiger partial charge in [0.25, 0.3) is 0 Å². The Bertz CT molecular complexity index is 920. The molecular formula is C20H25N7O. The molecule has 2 heterocycles. The minimum atomic E-state index is -0.00403. The minimum absolute atomic E-state index is 0.00403. The number of amides is 1. The fraction of sp³-hybridized carbons (Fsp3) is 0.300. The summed E-state index contributed by atoms with van der Waals surface area (Å²) in [6, 6.07) is 15.6. The minimum Gasteiger partial charge on any atom is -0.357 e. The maximum Gasteiger partial charge on any atom is 0.222 e. The van der Waals surface area contributed by atoms with Crippen LogP contribution in [-0.4, -0.2) is 39.6 Å². The molecule has 1 aromatic carbocycles. The summed E-state index contributed by atoms with van der Waals surface area (Å²) in [4.78, 5) is 16.5. The van der Waals surface area contributed by atoms with Crippen molar-refractivity contribution in [2.45, 2.75) is 26.4 Å². The molecule has 1 amide bonds. The molecule has 0 atom stereocenters. The number of hydrogen-bond acceptors (Lipinski definition) is 4. The van der Waals surface area contributed by atoms with E-state index in [2.05, 4.69) is 31.1 Å². The average Bonchev–Trinajstić information content (AvgIpc) is 3.14. The lowest BCUT2D eigenvalue weighted by molar-refractivity contribution is -0.121. The van der Waals surface area contributed by atoms with Crippen molar-refractivity contribution in [3.05, 3.63) is 66.1 Å². The zero-order valence-corrected chi connectivity index (χ0v) is 15.9. The molecule has 0 spiro atoms. The number of aromatic nitrogens is 3. The Morgan fingerprint density at radius 3 is 2.68 bits per heavy atom. The highest BCUT2D eigenvalue weighted by molar-refractivity contribution is 5.81. The Morgan fingerprint density at radius 2 is 1.86 bits per heavy atom. The number of fused-ring (bicyclic) bond motifs is 1. The van der Waals surface area contributed by atoms with E-state index in [0.29, 0.717) is 32.0 Å². The summed E-state index contributed by atoms with van der Waals surface area (Å²) in [7, 11) is 0. The largest absolute Gasteiger partial charge is 0.357 e. The average molecular weight is 379 g/mol. The molecular weight excluding hydrogens is 354 g/mol. The van der Waals surface area contributed by atoms with Crippen molar-refractivity contribution in [3.8, 4) is 0 Å². The molecule has 8 nitrogen and oxygen atoms in total. The third-order valence-corrected chi connectivity index (χ3v) is 4.08. The van der Waals surface area contributed by atoms with Gasteiger partial charge in [-0.1, -0.05) is 36.4 Å². The van der Waals surface area contributed by atoms with Gasteiger partial charge in [-0.05, 0) is 24.6 Å². The van der Waals surface area contributed by atoms with Crippen LogP contribution in [0.25, 0.3) is 5.65 Å². The second-order valence-electron chi connectivity index (χ2n) is 6.18. The summed E-state index contributed by atoms with van der Waals surface area (Å²) in [5, 5.41) is 17.6. The fourth-order valence-corrected chi connectivity index (χ4v) is 2.67. The predicted molar refractivity (Wildman–Crippen MR) is 109 cm³/mol. The fourth-order valence-electron chi connectivity index (χ4n) is 2.67. The monoisotopic (exact) mass is 379 g/mol. The van der Waals surface area contributed by atoms with E-state index in [1.807, 2.05) is 66.1 Å². The lowest BCUT2D eigenvalue weighted by atomic mass is 10.2. The van der Waals surface area contributed by atoms with Gasteiger partial charge in [0.1, 0.15) is 6.54 Å². The van der Waals surface area contributed by atoms with Crippen molar-refractivity contribution in [2.75, 3.05) is 13.1 Å². The number of pyridine rings is 1. The van der Waals surface area contributed by atoms with E-state index in [1.165, 1.54) is 0 Å². The standard InChI is InChI=1S/C20H25N7O/c1-2-21-20(24-15-18-26-25-17-10-6-7-13-27(17)18)22-12-11-19(28)23-14-16-8-4-3-5-9-16/h3-10,13H,2,11-12,14-15H2,1H3,(H,23,28)(H2,21,22,24). The molecule has 0 fully saturated rings. The summed E-state index contributed by atoms with van der Waals surface area (Å²) in [6.45, 7) is 4.14. The smallest absolute Gasteiger partial charge is 0.222 e. The SMILES string of the molecule is CCNC(=NCc1nnc2ccccn12)NCCC(=O)NCc1ccccc1. The number of hydrogen-bond donors (Lipinski definition) is 3. The molecule has 3 N–H and O–H groups in total. The van der Waals surface area contributed by atoms with Crippen LogP contribution in [0.1, 0.15) is 24.7 Å². The van der Waals surface area contributed by atoms with Gasteiger partial charge in [0.05, 0.1) is 0 Å². The van der Waals surface area contributed by atoms with Crippen LogP contribution < -0.4 is 16.0 Å². The van der Waals surface area contributed by atoms with Crippen molar-refractivity contribution < 1.29 is 4.79 Å². The molecule has 28 heavy (non-hydrogen) atoms. The maximum absolute atomic E-state index is 12.0. The van der Waals surface area contributed by atoms with E-state index in [1.54, 1.807) is 0 Å². The molecule has 0 unspecified atom stereocenters. The van der Waals surface area contributed by atoms with E-state index in [-0.39, 0.29) is 5.91 Å². The van der Waals surface area contributed by atoms with Crippen LogP contribution in [0, 0.1) is 0 Å². The van der Waals surface area contributed by atoms with Gasteiger partial charge in [-0.3, -0.25) is 9.20 Å². The second kappa shape index (κ2) is 10.1. The molecule has 146 valence electrons. The molecule has 0 saturated heterocycles. The van der Waals surface area contributed by atoms with Gasteiger partial charge in [0.2, 0.25) is 5.91 Å². The predicted octanol–water partition coefficient (Wildman–Crippen LogP) is 1.49. The van der Waals surface area contributed by atoms with E-state index in [0.717, 1.165) is 23.6 Å². The number of carbonyl (C=O) groups is 1. The molecule has 0 aliphatic heterocycles. The van der Waals surface area contributed by atoms with Crippen molar-refractivity contribution in [1.82, 2.24) is 30.5 Å². The highest BCUT2D eigenvalue weighted by Crippen LogP contribution is 2.03. The van der Waals surface area contributed by atoms with Gasteiger partial charge in [-0.15, -0.1) is 10.2 Å². The van der Waals surface area contributed by atoms with Gasteiger partial charge in [-0.2, -0.15) is 0 Å². The van der Waals surface area contributed by atoms with Crippen LogP contribution in [0.15, 0.2) is 59.7 Å². The first kappa shape index (κ1) is 19.3. The first-order valence-electron chi connectivity index (χ1n) is 9.37. The quantitative estimate of drug-likeness (QED) is 0.407. The van der Waals surface area contributed by atoms with Crippen molar-refractivity contribution in [1.29, 1.82) is 0 Å². The molecule has 0 aliphatic carbocycles. The van der Waals surface area contributed by atoms with Gasteiger partial charge in [0.15, 0.2) is 17.4 Å². The summed E-state index contributed by atoms with van der Waals surface area (Å²) >= 11 is 0. The highest BCUT2D eigenvalue weighted by Gasteiger charge is 2.06. The Kier molecular flexibility index (Phi) is 6.95. The number of benzene rings is 1. The number of nitrogens with one attached hydrogen (secondary N) is 3. The van der Waals surface area contributed by atoms with Crippen LogP contribution in [0.3, 0.4) is 0 Å². The molecule has 0 radical (unpaired) electrons. The number of rotatable bonds is 8. The molecule has 2 aromatic heterocycles. The zero-order valence-electron chi connectivity index (χ0n) is 15.9. The maximum atomic E-state index is 12.0. The molecule has 0 saturated carbocycles. The summed E-state index contributed by atoms with van der Waals surface area (Å²) in [5.74, 6) is 1.40. The third-order valence-electron chi connectivity index (χ3n) is 4.08. The molecule has 3 aromatic rings. The van der Waals surface area contributed by atoms with E-state index >= 15 is 0 Å². The van der Waals surface area contributed by atoms with Crippen LogP contribution >= 0.6 is 0 Å². The van der Waals surface area contributed by atoms with Gasteiger partial charge < -0.3 is 16.0 Å². The summed E-state index contributed by atoms with van der Waals surface area (Å²) in [6.07, 6.45) is 2.28. The normalized spacial score (nSPS) is 11.4. The lowest BCUT2D eigenvalue weighted by Gasteiger charge is -2.11. The van der Waals surface area contributed by atoms with Gasteiger partial charge in [-0.25, -0.2) is 4.99 Å². The Hall–Kier alpha value is -3.42. The number of carbonyl (C=O) groups excluding carboxylic acids is 1. The van der Waals surface area contributed by atoms with E-state index in [9.17, 15) is 4.79 Å². The summed E-state index contributed by atoms with van der Waals surface area (Å²) in [5.41, 5.74) is 1.87. The van der Waals surface area contributed by atoms with Crippen molar-refractivity contribution in [2.24, 2.45) is 4.99 Å².